The second-order valence-corrected chi connectivity index (χ2v) is 9.37. The van der Waals surface area contributed by atoms with Crippen LogP contribution in [-0.4, -0.2) is 53.5 Å². The Labute approximate surface area is 158 Å². The van der Waals surface area contributed by atoms with Crippen LogP contribution in [0.25, 0.3) is 0 Å². The van der Waals surface area contributed by atoms with E-state index in [0.717, 1.165) is 25.7 Å². The highest BCUT2D eigenvalue weighted by molar-refractivity contribution is 5.82. The van der Waals surface area contributed by atoms with Crippen LogP contribution in [0.3, 0.4) is 0 Å². The van der Waals surface area contributed by atoms with E-state index in [9.17, 15) is 23.5 Å². The van der Waals surface area contributed by atoms with Gasteiger partial charge in [0.15, 0.2) is 0 Å². The lowest BCUT2D eigenvalue weighted by Gasteiger charge is -2.28. The van der Waals surface area contributed by atoms with Gasteiger partial charge in [-0.05, 0) is 55.8 Å². The van der Waals surface area contributed by atoms with E-state index in [0.29, 0.717) is 38.9 Å². The topological polar surface area (TPSA) is 69.6 Å². The molecule has 7 heteroatoms. The molecule has 0 aromatic carbocycles. The molecule has 2 unspecified atom stereocenters. The highest BCUT2D eigenvalue weighted by Crippen LogP contribution is 2.56. The van der Waals surface area contributed by atoms with Crippen LogP contribution in [0.4, 0.5) is 8.78 Å². The maximum absolute atomic E-state index is 13.2. The van der Waals surface area contributed by atoms with Crippen LogP contribution in [0.5, 0.6) is 0 Å². The molecule has 1 heterocycles. The van der Waals surface area contributed by atoms with Crippen molar-refractivity contribution in [3.63, 3.8) is 0 Å². The van der Waals surface area contributed by atoms with E-state index in [-0.39, 0.29) is 47.8 Å². The Kier molecular flexibility index (Phi) is 4.93. The molecular weight excluding hydrogens is 354 g/mol. The molecule has 0 radical (unpaired) electrons. The number of hydrogen-bond donors (Lipinski definition) is 2. The normalized spacial score (nSPS) is 30.3. The number of halogens is 2. The molecule has 4 rings (SSSR count). The molecule has 4 fully saturated rings. The third kappa shape index (κ3) is 4.28. The van der Waals surface area contributed by atoms with Crippen molar-refractivity contribution in [2.24, 2.45) is 23.2 Å². The molecule has 2 amide bonds. The van der Waals surface area contributed by atoms with Gasteiger partial charge in [-0.3, -0.25) is 9.59 Å². The molecule has 2 N–H and O–H groups in total. The van der Waals surface area contributed by atoms with Gasteiger partial charge >= 0.3 is 0 Å². The van der Waals surface area contributed by atoms with Crippen molar-refractivity contribution in [3.8, 4) is 0 Å². The van der Waals surface area contributed by atoms with Gasteiger partial charge in [-0.2, -0.15) is 0 Å². The number of nitrogens with one attached hydrogen (secondary N) is 1. The fraction of sp³-hybridized carbons (Fsp3) is 0.900. The Balaban J connectivity index is 1.23. The first-order valence-electron chi connectivity index (χ1n) is 10.4. The molecule has 152 valence electrons. The van der Waals surface area contributed by atoms with Crippen molar-refractivity contribution in [2.45, 2.75) is 69.8 Å². The molecule has 27 heavy (non-hydrogen) atoms. The van der Waals surface area contributed by atoms with Gasteiger partial charge in [0.05, 0.1) is 0 Å². The predicted octanol–water partition coefficient (Wildman–Crippen LogP) is 2.33. The molecule has 1 aliphatic heterocycles. The van der Waals surface area contributed by atoms with E-state index in [4.69, 9.17) is 0 Å². The number of likely N-dealkylation sites (tertiary alicyclic amines) is 1. The van der Waals surface area contributed by atoms with Gasteiger partial charge in [-0.25, -0.2) is 8.78 Å². The van der Waals surface area contributed by atoms with Crippen molar-refractivity contribution in [1.29, 1.82) is 0 Å². The van der Waals surface area contributed by atoms with Crippen molar-refractivity contribution >= 4 is 11.8 Å². The first-order chi connectivity index (χ1) is 12.8. The maximum Gasteiger partial charge on any atom is 0.251 e. The second kappa shape index (κ2) is 6.98. The first-order valence-corrected chi connectivity index (χ1v) is 10.4. The third-order valence-electron chi connectivity index (χ3n) is 7.19. The van der Waals surface area contributed by atoms with Gasteiger partial charge in [-0.15, -0.1) is 0 Å². The molecule has 4 aliphatic rings. The zero-order chi connectivity index (χ0) is 19.2. The summed E-state index contributed by atoms with van der Waals surface area (Å²) in [6.07, 6.45) is 4.04. The highest BCUT2D eigenvalue weighted by Gasteiger charge is 2.56. The molecule has 1 saturated heterocycles. The molecule has 3 saturated carbocycles. The molecule has 2 atom stereocenters. The number of aliphatic hydroxyl groups excluding tert-OH is 1. The molecule has 1 spiro atoms. The second-order valence-electron chi connectivity index (χ2n) is 9.37. The fourth-order valence-corrected chi connectivity index (χ4v) is 4.89. The fourth-order valence-electron chi connectivity index (χ4n) is 4.89. The summed E-state index contributed by atoms with van der Waals surface area (Å²) in [4.78, 5) is 26.5. The summed E-state index contributed by atoms with van der Waals surface area (Å²) in [5.41, 5.74) is 0.110. The van der Waals surface area contributed by atoms with Crippen LogP contribution in [0.15, 0.2) is 0 Å². The number of nitrogens with zero attached hydrogens (tertiary/aromatic N) is 1. The summed E-state index contributed by atoms with van der Waals surface area (Å²) in [6, 6.07) is 0. The van der Waals surface area contributed by atoms with E-state index < -0.39 is 12.0 Å². The van der Waals surface area contributed by atoms with Crippen LogP contribution in [0, 0.1) is 23.2 Å². The van der Waals surface area contributed by atoms with Gasteiger partial charge in [0.2, 0.25) is 11.8 Å². The zero-order valence-corrected chi connectivity index (χ0v) is 15.8. The highest BCUT2D eigenvalue weighted by atomic mass is 19.3. The largest absolute Gasteiger partial charge is 0.383 e. The van der Waals surface area contributed by atoms with E-state index in [1.54, 1.807) is 4.90 Å². The smallest absolute Gasteiger partial charge is 0.251 e. The first kappa shape index (κ1) is 19.1. The van der Waals surface area contributed by atoms with Crippen LogP contribution in [0.2, 0.25) is 0 Å². The van der Waals surface area contributed by atoms with Crippen LogP contribution in [0.1, 0.15) is 57.8 Å². The Bertz CT molecular complexity index is 594. The number of carbonyl (C=O) groups is 2. The van der Waals surface area contributed by atoms with Gasteiger partial charge in [-0.1, -0.05) is 0 Å². The maximum atomic E-state index is 13.2. The lowest BCUT2D eigenvalue weighted by atomic mass is 9.84. The number of amides is 2. The molecule has 0 aromatic heterocycles. The molecule has 0 bridgehead atoms. The van der Waals surface area contributed by atoms with Gasteiger partial charge in [0, 0.05) is 44.8 Å². The SMILES string of the molecule is O=C(CC1CCC(F)(F)CC1)NCC1CN(C(=O)C(O)C2CC2)CC12CC2. The lowest BCUT2D eigenvalue weighted by Crippen LogP contribution is -2.39. The Hall–Kier alpha value is -1.24. The van der Waals surface area contributed by atoms with Crippen molar-refractivity contribution in [1.82, 2.24) is 10.2 Å². The number of alkyl halides is 2. The quantitative estimate of drug-likeness (QED) is 0.739. The van der Waals surface area contributed by atoms with Crippen molar-refractivity contribution in [3.05, 3.63) is 0 Å². The third-order valence-corrected chi connectivity index (χ3v) is 7.19. The number of hydrogen-bond acceptors (Lipinski definition) is 3. The van der Waals surface area contributed by atoms with Gasteiger partial charge in [0.1, 0.15) is 6.10 Å². The molecular formula is C20H30F2N2O3. The molecule has 3 aliphatic carbocycles. The summed E-state index contributed by atoms with van der Waals surface area (Å²) in [5.74, 6) is -2.36. The number of rotatable bonds is 6. The zero-order valence-electron chi connectivity index (χ0n) is 15.8. The number of carbonyl (C=O) groups excluding carboxylic acids is 2. The Morgan fingerprint density at radius 1 is 1.11 bits per heavy atom. The van der Waals surface area contributed by atoms with E-state index in [2.05, 4.69) is 5.32 Å². The van der Waals surface area contributed by atoms with Crippen LogP contribution in [-0.2, 0) is 9.59 Å². The average molecular weight is 384 g/mol. The molecule has 5 nitrogen and oxygen atoms in total. The number of aliphatic hydroxyl groups is 1. The van der Waals surface area contributed by atoms with Gasteiger partial charge < -0.3 is 15.3 Å². The summed E-state index contributed by atoms with van der Waals surface area (Å²) < 4.78 is 26.4. The minimum atomic E-state index is -2.56. The Morgan fingerprint density at radius 2 is 1.78 bits per heavy atom. The summed E-state index contributed by atoms with van der Waals surface area (Å²) in [6.45, 7) is 1.82. The van der Waals surface area contributed by atoms with Gasteiger partial charge in [0.25, 0.3) is 5.91 Å². The van der Waals surface area contributed by atoms with E-state index in [1.807, 2.05) is 0 Å². The Morgan fingerprint density at radius 3 is 2.37 bits per heavy atom. The van der Waals surface area contributed by atoms with Crippen molar-refractivity contribution < 1.29 is 23.5 Å². The lowest BCUT2D eigenvalue weighted by molar-refractivity contribution is -0.140. The van der Waals surface area contributed by atoms with Crippen LogP contribution >= 0.6 is 0 Å². The molecule has 0 aromatic rings. The summed E-state index contributed by atoms with van der Waals surface area (Å²) in [5, 5.41) is 13.1. The van der Waals surface area contributed by atoms with E-state index in [1.165, 1.54) is 0 Å². The average Bonchev–Trinajstić information content (AvgIpc) is 3.52. The van der Waals surface area contributed by atoms with E-state index >= 15 is 0 Å². The summed E-state index contributed by atoms with van der Waals surface area (Å²) in [7, 11) is 0. The minimum Gasteiger partial charge on any atom is -0.383 e. The monoisotopic (exact) mass is 384 g/mol. The predicted molar refractivity (Wildman–Crippen MR) is 95.0 cm³/mol. The summed E-state index contributed by atoms with van der Waals surface area (Å²) >= 11 is 0. The standard InChI is InChI=1S/C20H30F2N2O3/c21-20(22)5-3-13(4-6-20)9-16(25)23-10-15-11-24(12-19(15)7-8-19)18(27)17(26)14-1-2-14/h13-15,17,26H,1-12H2,(H,23,25). The van der Waals surface area contributed by atoms with Crippen LogP contribution < -0.4 is 5.32 Å². The van der Waals surface area contributed by atoms with Crippen molar-refractivity contribution in [2.75, 3.05) is 19.6 Å². The minimum absolute atomic E-state index is 0.0508.